The highest BCUT2D eigenvalue weighted by atomic mass is 16.5. The molecule has 0 spiro atoms. The molecule has 2 aromatic carbocycles. The van der Waals surface area contributed by atoms with Crippen LogP contribution < -0.4 is 14.2 Å². The lowest BCUT2D eigenvalue weighted by Crippen LogP contribution is -1.97. The second-order valence-corrected chi connectivity index (χ2v) is 5.05. The largest absolute Gasteiger partial charge is 0.496 e. The molecule has 3 aromatic rings. The van der Waals surface area contributed by atoms with Crippen molar-refractivity contribution >= 4 is 12.2 Å². The molecule has 25 heavy (non-hydrogen) atoms. The fraction of sp³-hybridized carbons (Fsp3) is 0.158. The molecule has 6 heteroatoms. The number of hydrogen-bond donors (Lipinski definition) is 0. The minimum absolute atomic E-state index is 0.163. The molecule has 1 heterocycles. The Hall–Kier alpha value is -3.28. The zero-order chi connectivity index (χ0) is 17.5. The van der Waals surface area contributed by atoms with Crippen LogP contribution in [-0.2, 0) is 6.61 Å². The second-order valence-electron chi connectivity index (χ2n) is 5.05. The van der Waals surface area contributed by atoms with Gasteiger partial charge >= 0.3 is 0 Å². The monoisotopic (exact) mass is 338 g/mol. The van der Waals surface area contributed by atoms with E-state index in [1.807, 2.05) is 54.6 Å². The second kappa shape index (κ2) is 8.01. The van der Waals surface area contributed by atoms with E-state index in [1.54, 1.807) is 20.3 Å². The smallest absolute Gasteiger partial charge is 0.254 e. The first-order valence-electron chi connectivity index (χ1n) is 7.69. The lowest BCUT2D eigenvalue weighted by atomic mass is 10.2. The Bertz CT molecular complexity index is 858. The van der Waals surface area contributed by atoms with Crippen molar-refractivity contribution in [2.24, 2.45) is 0 Å². The van der Waals surface area contributed by atoms with Crippen molar-refractivity contribution < 1.29 is 18.6 Å². The van der Waals surface area contributed by atoms with Gasteiger partial charge in [-0.05, 0) is 24.3 Å². The fourth-order valence-electron chi connectivity index (χ4n) is 2.23. The van der Waals surface area contributed by atoms with E-state index in [0.717, 1.165) is 11.3 Å². The number of aromatic nitrogens is 2. The van der Waals surface area contributed by atoms with Crippen LogP contribution in [0.25, 0.3) is 12.2 Å². The molecular weight excluding hydrogens is 320 g/mol. The quantitative estimate of drug-likeness (QED) is 0.652. The molecule has 0 N–H and O–H groups in total. The van der Waals surface area contributed by atoms with Gasteiger partial charge in [0, 0.05) is 11.6 Å². The van der Waals surface area contributed by atoms with Crippen molar-refractivity contribution in [3.05, 3.63) is 65.9 Å². The minimum Gasteiger partial charge on any atom is -0.496 e. The summed E-state index contributed by atoms with van der Waals surface area (Å²) >= 11 is 0. The van der Waals surface area contributed by atoms with Crippen LogP contribution in [0.2, 0.25) is 0 Å². The van der Waals surface area contributed by atoms with Gasteiger partial charge in [-0.3, -0.25) is 0 Å². The molecule has 1 aromatic heterocycles. The first-order chi connectivity index (χ1) is 12.3. The topological polar surface area (TPSA) is 66.6 Å². The molecule has 0 amide bonds. The van der Waals surface area contributed by atoms with Crippen LogP contribution in [0.1, 0.15) is 17.3 Å². The summed E-state index contributed by atoms with van der Waals surface area (Å²) in [6, 6.07) is 15.1. The Balaban J connectivity index is 1.65. The van der Waals surface area contributed by atoms with Gasteiger partial charge in [-0.1, -0.05) is 30.3 Å². The average molecular weight is 338 g/mol. The number of benzene rings is 2. The van der Waals surface area contributed by atoms with Crippen molar-refractivity contribution in [3.8, 4) is 17.2 Å². The van der Waals surface area contributed by atoms with Gasteiger partial charge in [0.05, 0.1) is 14.2 Å². The van der Waals surface area contributed by atoms with Crippen molar-refractivity contribution in [1.82, 2.24) is 10.2 Å². The van der Waals surface area contributed by atoms with Crippen molar-refractivity contribution in [3.63, 3.8) is 0 Å². The van der Waals surface area contributed by atoms with E-state index in [1.165, 1.54) is 0 Å². The molecule has 0 aliphatic heterocycles. The molecule has 0 bridgehead atoms. The first kappa shape index (κ1) is 16.6. The molecule has 0 fully saturated rings. The Morgan fingerprint density at radius 3 is 2.28 bits per heavy atom. The predicted molar refractivity (Wildman–Crippen MR) is 93.5 cm³/mol. The SMILES string of the molecule is COc1ccccc1/C=C/c1nnc(COc2ccccc2OC)o1. The number of methoxy groups -OCH3 is 2. The number of hydrogen-bond acceptors (Lipinski definition) is 6. The summed E-state index contributed by atoms with van der Waals surface area (Å²) in [6.07, 6.45) is 3.59. The maximum Gasteiger partial charge on any atom is 0.254 e. The van der Waals surface area contributed by atoms with E-state index in [2.05, 4.69) is 10.2 Å². The van der Waals surface area contributed by atoms with Crippen LogP contribution in [0.3, 0.4) is 0 Å². The van der Waals surface area contributed by atoms with E-state index in [9.17, 15) is 0 Å². The first-order valence-corrected chi connectivity index (χ1v) is 7.69. The fourth-order valence-corrected chi connectivity index (χ4v) is 2.23. The third-order valence-corrected chi connectivity index (χ3v) is 3.45. The standard InChI is InChI=1S/C19H18N2O4/c1-22-15-8-4-3-7-14(15)11-12-18-20-21-19(25-18)13-24-17-10-6-5-9-16(17)23-2/h3-12H,13H2,1-2H3/b12-11+. The highest BCUT2D eigenvalue weighted by Gasteiger charge is 2.08. The lowest BCUT2D eigenvalue weighted by Gasteiger charge is -2.07. The van der Waals surface area contributed by atoms with E-state index in [-0.39, 0.29) is 6.61 Å². The molecule has 0 aliphatic rings. The molecule has 6 nitrogen and oxygen atoms in total. The summed E-state index contributed by atoms with van der Waals surface area (Å²) in [5.41, 5.74) is 0.926. The number of nitrogens with zero attached hydrogens (tertiary/aromatic N) is 2. The summed E-state index contributed by atoms with van der Waals surface area (Å²) in [6.45, 7) is 0.163. The van der Waals surface area contributed by atoms with Crippen LogP contribution in [-0.4, -0.2) is 24.4 Å². The molecule has 3 rings (SSSR count). The summed E-state index contributed by atoms with van der Waals surface area (Å²) in [5.74, 6) is 2.82. The van der Waals surface area contributed by atoms with Gasteiger partial charge in [-0.25, -0.2) is 0 Å². The highest BCUT2D eigenvalue weighted by molar-refractivity contribution is 5.69. The minimum atomic E-state index is 0.163. The Labute approximate surface area is 145 Å². The number of rotatable bonds is 7. The van der Waals surface area contributed by atoms with Gasteiger partial charge in [0.1, 0.15) is 5.75 Å². The zero-order valence-electron chi connectivity index (χ0n) is 14.0. The Morgan fingerprint density at radius 2 is 1.52 bits per heavy atom. The summed E-state index contributed by atoms with van der Waals surface area (Å²) in [4.78, 5) is 0. The van der Waals surface area contributed by atoms with E-state index >= 15 is 0 Å². The summed E-state index contributed by atoms with van der Waals surface area (Å²) in [7, 11) is 3.22. The number of para-hydroxylation sites is 3. The molecule has 0 aliphatic carbocycles. The normalized spacial score (nSPS) is 10.8. The van der Waals surface area contributed by atoms with Gasteiger partial charge in [0.25, 0.3) is 5.89 Å². The maximum absolute atomic E-state index is 5.66. The van der Waals surface area contributed by atoms with Gasteiger partial charge in [-0.2, -0.15) is 0 Å². The van der Waals surface area contributed by atoms with Crippen LogP contribution in [0, 0.1) is 0 Å². The highest BCUT2D eigenvalue weighted by Crippen LogP contribution is 2.26. The third kappa shape index (κ3) is 4.17. The van der Waals surface area contributed by atoms with Crippen molar-refractivity contribution in [1.29, 1.82) is 0 Å². The van der Waals surface area contributed by atoms with E-state index in [0.29, 0.717) is 23.3 Å². The maximum atomic E-state index is 5.66. The molecule has 0 saturated heterocycles. The Kier molecular flexibility index (Phi) is 5.31. The number of ether oxygens (including phenoxy) is 3. The van der Waals surface area contributed by atoms with Crippen molar-refractivity contribution in [2.75, 3.05) is 14.2 Å². The van der Waals surface area contributed by atoms with E-state index < -0.39 is 0 Å². The van der Waals surface area contributed by atoms with Gasteiger partial charge in [0.2, 0.25) is 5.89 Å². The lowest BCUT2D eigenvalue weighted by molar-refractivity contribution is 0.249. The molecule has 128 valence electrons. The molecule has 0 saturated carbocycles. The molecule has 0 radical (unpaired) electrons. The van der Waals surface area contributed by atoms with Gasteiger partial charge in [0.15, 0.2) is 18.1 Å². The van der Waals surface area contributed by atoms with Crippen LogP contribution in [0.15, 0.2) is 52.9 Å². The molecular formula is C19H18N2O4. The van der Waals surface area contributed by atoms with Gasteiger partial charge < -0.3 is 18.6 Å². The third-order valence-electron chi connectivity index (χ3n) is 3.45. The van der Waals surface area contributed by atoms with E-state index in [4.69, 9.17) is 18.6 Å². The zero-order valence-corrected chi connectivity index (χ0v) is 14.0. The van der Waals surface area contributed by atoms with Gasteiger partial charge in [-0.15, -0.1) is 10.2 Å². The van der Waals surface area contributed by atoms with Crippen LogP contribution in [0.4, 0.5) is 0 Å². The Morgan fingerprint density at radius 1 is 0.840 bits per heavy atom. The predicted octanol–water partition coefficient (Wildman–Crippen LogP) is 3.84. The van der Waals surface area contributed by atoms with Crippen molar-refractivity contribution in [2.45, 2.75) is 6.61 Å². The van der Waals surface area contributed by atoms with Crippen LogP contribution in [0.5, 0.6) is 17.2 Å². The molecule has 0 atom stereocenters. The molecule has 0 unspecified atom stereocenters. The summed E-state index contributed by atoms with van der Waals surface area (Å²) in [5, 5.41) is 7.96. The summed E-state index contributed by atoms with van der Waals surface area (Å²) < 4.78 is 21.8. The van der Waals surface area contributed by atoms with Crippen LogP contribution >= 0.6 is 0 Å². The average Bonchev–Trinajstić information content (AvgIpc) is 3.13.